The highest BCUT2D eigenvalue weighted by atomic mass is 15.4. The molecule has 2 rings (SSSR count). The summed E-state index contributed by atoms with van der Waals surface area (Å²) in [5.41, 5.74) is 0. The molecule has 4 nitrogen and oxygen atoms in total. The van der Waals surface area contributed by atoms with Gasteiger partial charge in [0.2, 0.25) is 0 Å². The molecule has 1 aromatic rings. The van der Waals surface area contributed by atoms with Gasteiger partial charge in [-0.1, -0.05) is 12.1 Å². The molecule has 0 radical (unpaired) electrons. The number of aryl methyl sites for hydroxylation is 1. The van der Waals surface area contributed by atoms with Gasteiger partial charge in [0, 0.05) is 18.8 Å². The summed E-state index contributed by atoms with van der Waals surface area (Å²) in [6.07, 6.45) is 8.87. The molecular weight excluding hydrogens is 188 g/mol. The van der Waals surface area contributed by atoms with E-state index in [1.54, 1.807) is 6.20 Å². The average molecular weight is 208 g/mol. The molecule has 1 aromatic heterocycles. The first-order chi connectivity index (χ1) is 7.34. The standard InChI is InChI=1S/C11H20N4/c1-10-3-4-11(9-10)12-5-2-7-15-8-6-13-14-15/h6,8,10-12H,2-5,7,9H2,1H3. The summed E-state index contributed by atoms with van der Waals surface area (Å²) in [5, 5.41) is 11.3. The molecule has 0 amide bonds. The number of nitrogens with one attached hydrogen (secondary N) is 1. The van der Waals surface area contributed by atoms with Crippen molar-refractivity contribution in [3.05, 3.63) is 12.4 Å². The van der Waals surface area contributed by atoms with E-state index < -0.39 is 0 Å². The Balaban J connectivity index is 1.55. The van der Waals surface area contributed by atoms with E-state index in [0.717, 1.165) is 31.5 Å². The Bertz CT molecular complexity index is 270. The molecule has 0 aliphatic heterocycles. The Labute approximate surface area is 91.1 Å². The van der Waals surface area contributed by atoms with Gasteiger partial charge >= 0.3 is 0 Å². The summed E-state index contributed by atoms with van der Waals surface area (Å²) in [5.74, 6) is 0.915. The Morgan fingerprint density at radius 1 is 1.47 bits per heavy atom. The van der Waals surface area contributed by atoms with Crippen LogP contribution < -0.4 is 5.32 Å². The lowest BCUT2D eigenvalue weighted by atomic mass is 10.1. The SMILES string of the molecule is CC1CCC(NCCCn2ccnn2)C1. The van der Waals surface area contributed by atoms with Crippen LogP contribution in [0.15, 0.2) is 12.4 Å². The molecule has 0 saturated heterocycles. The van der Waals surface area contributed by atoms with E-state index in [0.29, 0.717) is 0 Å². The zero-order valence-corrected chi connectivity index (χ0v) is 9.39. The van der Waals surface area contributed by atoms with E-state index in [2.05, 4.69) is 22.6 Å². The van der Waals surface area contributed by atoms with Crippen LogP contribution in [0.2, 0.25) is 0 Å². The van der Waals surface area contributed by atoms with Gasteiger partial charge in [0.25, 0.3) is 0 Å². The van der Waals surface area contributed by atoms with Crippen molar-refractivity contribution < 1.29 is 0 Å². The predicted octanol–water partition coefficient (Wildman–Crippen LogP) is 1.45. The first-order valence-electron chi connectivity index (χ1n) is 5.92. The molecule has 15 heavy (non-hydrogen) atoms. The van der Waals surface area contributed by atoms with Crippen LogP contribution in [-0.2, 0) is 6.54 Å². The lowest BCUT2D eigenvalue weighted by Gasteiger charge is -2.11. The monoisotopic (exact) mass is 208 g/mol. The van der Waals surface area contributed by atoms with E-state index in [4.69, 9.17) is 0 Å². The first-order valence-corrected chi connectivity index (χ1v) is 5.92. The van der Waals surface area contributed by atoms with Crippen molar-refractivity contribution in [3.63, 3.8) is 0 Å². The molecule has 1 aliphatic carbocycles. The fourth-order valence-electron chi connectivity index (χ4n) is 2.29. The molecule has 2 atom stereocenters. The normalized spacial score (nSPS) is 25.9. The number of rotatable bonds is 5. The number of hydrogen-bond donors (Lipinski definition) is 1. The summed E-state index contributed by atoms with van der Waals surface area (Å²) in [6, 6.07) is 0.760. The zero-order chi connectivity index (χ0) is 10.5. The van der Waals surface area contributed by atoms with E-state index >= 15 is 0 Å². The minimum Gasteiger partial charge on any atom is -0.314 e. The van der Waals surface area contributed by atoms with E-state index in [1.165, 1.54) is 19.3 Å². The second kappa shape index (κ2) is 5.26. The van der Waals surface area contributed by atoms with Crippen molar-refractivity contribution in [2.45, 2.75) is 45.2 Å². The Kier molecular flexibility index (Phi) is 3.72. The predicted molar refractivity (Wildman–Crippen MR) is 59.4 cm³/mol. The van der Waals surface area contributed by atoms with Gasteiger partial charge < -0.3 is 5.32 Å². The highest BCUT2D eigenvalue weighted by Gasteiger charge is 2.19. The van der Waals surface area contributed by atoms with E-state index in [1.807, 2.05) is 10.9 Å². The molecule has 1 aliphatic rings. The summed E-state index contributed by atoms with van der Waals surface area (Å²) in [6.45, 7) is 4.41. The van der Waals surface area contributed by atoms with Gasteiger partial charge in [-0.2, -0.15) is 0 Å². The van der Waals surface area contributed by atoms with Gasteiger partial charge in [0.05, 0.1) is 6.20 Å². The first kappa shape index (κ1) is 10.6. The Morgan fingerprint density at radius 2 is 2.40 bits per heavy atom. The van der Waals surface area contributed by atoms with Gasteiger partial charge in [0.1, 0.15) is 0 Å². The zero-order valence-electron chi connectivity index (χ0n) is 9.39. The Hall–Kier alpha value is -0.900. The maximum atomic E-state index is 3.94. The summed E-state index contributed by atoms with van der Waals surface area (Å²) < 4.78 is 1.89. The third kappa shape index (κ3) is 3.30. The van der Waals surface area contributed by atoms with Gasteiger partial charge in [0.15, 0.2) is 0 Å². The molecule has 1 saturated carbocycles. The van der Waals surface area contributed by atoms with Crippen molar-refractivity contribution in [2.75, 3.05) is 6.54 Å². The van der Waals surface area contributed by atoms with Gasteiger partial charge in [-0.3, -0.25) is 4.68 Å². The average Bonchev–Trinajstić information content (AvgIpc) is 2.84. The minimum atomic E-state index is 0.760. The van der Waals surface area contributed by atoms with Crippen LogP contribution in [0.5, 0.6) is 0 Å². The summed E-state index contributed by atoms with van der Waals surface area (Å²) in [7, 11) is 0. The highest BCUT2D eigenvalue weighted by molar-refractivity contribution is 4.78. The van der Waals surface area contributed by atoms with Crippen LogP contribution in [0.25, 0.3) is 0 Å². The smallest absolute Gasteiger partial charge is 0.0692 e. The molecule has 2 unspecified atom stereocenters. The second-order valence-electron chi connectivity index (χ2n) is 4.59. The van der Waals surface area contributed by atoms with Crippen LogP contribution in [0, 0.1) is 5.92 Å². The van der Waals surface area contributed by atoms with Crippen molar-refractivity contribution in [1.29, 1.82) is 0 Å². The molecule has 4 heteroatoms. The van der Waals surface area contributed by atoms with E-state index in [-0.39, 0.29) is 0 Å². The van der Waals surface area contributed by atoms with Crippen LogP contribution in [-0.4, -0.2) is 27.6 Å². The van der Waals surface area contributed by atoms with Crippen LogP contribution in [0.4, 0.5) is 0 Å². The van der Waals surface area contributed by atoms with Gasteiger partial charge in [-0.25, -0.2) is 0 Å². The fourth-order valence-corrected chi connectivity index (χ4v) is 2.29. The molecule has 1 heterocycles. The summed E-state index contributed by atoms with van der Waals surface area (Å²) >= 11 is 0. The van der Waals surface area contributed by atoms with Crippen molar-refractivity contribution in [3.8, 4) is 0 Å². The molecule has 0 aromatic carbocycles. The van der Waals surface area contributed by atoms with Crippen molar-refractivity contribution in [2.24, 2.45) is 5.92 Å². The van der Waals surface area contributed by atoms with Gasteiger partial charge in [-0.15, -0.1) is 5.10 Å². The summed E-state index contributed by atoms with van der Waals surface area (Å²) in [4.78, 5) is 0. The molecule has 84 valence electrons. The van der Waals surface area contributed by atoms with Crippen molar-refractivity contribution >= 4 is 0 Å². The number of aromatic nitrogens is 3. The topological polar surface area (TPSA) is 42.7 Å². The number of nitrogens with zero attached hydrogens (tertiary/aromatic N) is 3. The third-order valence-electron chi connectivity index (χ3n) is 3.16. The fraction of sp³-hybridized carbons (Fsp3) is 0.818. The molecule has 0 bridgehead atoms. The minimum absolute atomic E-state index is 0.760. The van der Waals surface area contributed by atoms with E-state index in [9.17, 15) is 0 Å². The molecule has 1 N–H and O–H groups in total. The highest BCUT2D eigenvalue weighted by Crippen LogP contribution is 2.24. The lowest BCUT2D eigenvalue weighted by Crippen LogP contribution is -2.28. The van der Waals surface area contributed by atoms with Crippen LogP contribution in [0.1, 0.15) is 32.6 Å². The quantitative estimate of drug-likeness (QED) is 0.745. The Morgan fingerprint density at radius 3 is 3.07 bits per heavy atom. The third-order valence-corrected chi connectivity index (χ3v) is 3.16. The largest absolute Gasteiger partial charge is 0.314 e. The molecule has 0 spiro atoms. The second-order valence-corrected chi connectivity index (χ2v) is 4.59. The molecular formula is C11H20N4. The van der Waals surface area contributed by atoms with Crippen LogP contribution in [0.3, 0.4) is 0 Å². The van der Waals surface area contributed by atoms with Crippen molar-refractivity contribution in [1.82, 2.24) is 20.3 Å². The maximum absolute atomic E-state index is 3.94. The number of hydrogen-bond acceptors (Lipinski definition) is 3. The maximum Gasteiger partial charge on any atom is 0.0692 e. The van der Waals surface area contributed by atoms with Gasteiger partial charge in [-0.05, 0) is 38.1 Å². The lowest BCUT2D eigenvalue weighted by molar-refractivity contribution is 0.468. The van der Waals surface area contributed by atoms with Crippen LogP contribution >= 0.6 is 0 Å². The molecule has 1 fully saturated rings.